The summed E-state index contributed by atoms with van der Waals surface area (Å²) < 4.78 is 6.20. The van der Waals surface area contributed by atoms with Crippen LogP contribution in [0.25, 0.3) is 0 Å². The van der Waals surface area contributed by atoms with E-state index in [-0.39, 0.29) is 0 Å². The molecule has 0 aliphatic rings. The van der Waals surface area contributed by atoms with Crippen LogP contribution in [-0.4, -0.2) is 105 Å². The predicted octanol–water partition coefficient (Wildman–Crippen LogP) is 7.55. The van der Waals surface area contributed by atoms with Gasteiger partial charge in [-0.3, -0.25) is 0 Å². The lowest BCUT2D eigenvalue weighted by Crippen LogP contribution is -2.55. The normalized spacial score (nSPS) is 17.9. The van der Waals surface area contributed by atoms with E-state index in [4.69, 9.17) is 0 Å². The van der Waals surface area contributed by atoms with Gasteiger partial charge in [0.15, 0.2) is 0 Å². The van der Waals surface area contributed by atoms with Gasteiger partial charge in [-0.25, -0.2) is 0 Å². The molecule has 0 aliphatic carbocycles. The Morgan fingerprint density at radius 1 is 0.414 bits per heavy atom. The van der Waals surface area contributed by atoms with Gasteiger partial charge < -0.3 is 0 Å². The highest BCUT2D eigenvalue weighted by Gasteiger charge is 2.63. The number of rotatable bonds is 10. The first-order valence-electron chi connectivity index (χ1n) is 10.6. The fourth-order valence-corrected chi connectivity index (χ4v) is 30.3. The Morgan fingerprint density at radius 2 is 0.586 bits per heavy atom. The van der Waals surface area contributed by atoms with Crippen LogP contribution in [0, 0.1) is 0 Å². The first kappa shape index (κ1) is 30.8. The minimum Gasteiger partial charge on any atom is -0.182 e. The summed E-state index contributed by atoms with van der Waals surface area (Å²) in [4.78, 5) is 0. The zero-order chi connectivity index (χ0) is 24.0. The van der Waals surface area contributed by atoms with Crippen molar-refractivity contribution in [1.82, 2.24) is 7.42 Å². The largest absolute Gasteiger partial charge is 0.208 e. The van der Waals surface area contributed by atoms with Gasteiger partial charge in [0, 0.05) is 0 Å². The molecular formula is C22H58N2PS4+. The van der Waals surface area contributed by atoms with E-state index in [1.165, 1.54) is 0 Å². The molecule has 0 aromatic carbocycles. The van der Waals surface area contributed by atoms with E-state index in [1.807, 2.05) is 0 Å². The molecule has 0 saturated heterocycles. The average Bonchev–Trinajstić information content (AvgIpc) is 2.29. The monoisotopic (exact) mass is 509 g/mol. The molecule has 0 fully saturated rings. The van der Waals surface area contributed by atoms with Gasteiger partial charge in [-0.1, -0.05) is 0 Å². The van der Waals surface area contributed by atoms with Crippen LogP contribution >= 0.6 is 48.1 Å². The minimum atomic E-state index is -1.39. The highest BCUT2D eigenvalue weighted by Crippen LogP contribution is 2.83. The predicted molar refractivity (Wildman–Crippen MR) is 161 cm³/mol. The summed E-state index contributed by atoms with van der Waals surface area (Å²) in [5.41, 5.74) is 2.18. The molecule has 0 amide bonds. The van der Waals surface area contributed by atoms with Crippen LogP contribution in [0.15, 0.2) is 0 Å². The lowest BCUT2D eigenvalue weighted by Gasteiger charge is -2.66. The van der Waals surface area contributed by atoms with Gasteiger partial charge in [0.05, 0.1) is 24.2 Å². The summed E-state index contributed by atoms with van der Waals surface area (Å²) >= 11 is 0. The Bertz CT molecular complexity index is 441. The lowest BCUT2D eigenvalue weighted by molar-refractivity contribution is 0.491. The Kier molecular flexibility index (Phi) is 10.5. The Labute approximate surface area is 194 Å². The van der Waals surface area contributed by atoms with Gasteiger partial charge in [0.25, 0.3) is 0 Å². The number of hydrogen-bond acceptors (Lipinski definition) is 2. The van der Waals surface area contributed by atoms with E-state index in [1.54, 1.807) is 0 Å². The molecule has 0 rings (SSSR count). The maximum absolute atomic E-state index is 3.10. The Morgan fingerprint density at radius 3 is 0.690 bits per heavy atom. The Hall–Kier alpha value is 1.75. The van der Waals surface area contributed by atoms with Gasteiger partial charge in [0.2, 0.25) is 5.91 Å². The highest BCUT2D eigenvalue weighted by molar-refractivity contribution is 8.45. The summed E-state index contributed by atoms with van der Waals surface area (Å²) in [5, 5.41) is 0. The molecule has 0 aromatic heterocycles. The van der Waals surface area contributed by atoms with Crippen LogP contribution in [0.5, 0.6) is 0 Å². The van der Waals surface area contributed by atoms with Crippen LogP contribution in [-0.2, 0) is 0 Å². The zero-order valence-electron chi connectivity index (χ0n) is 23.3. The van der Waals surface area contributed by atoms with E-state index in [9.17, 15) is 0 Å². The second-order valence-corrected chi connectivity index (χ2v) is 33.7. The maximum atomic E-state index is 3.10. The maximum Gasteiger partial charge on any atom is 0.208 e. The quantitative estimate of drug-likeness (QED) is 0.221. The molecule has 0 heterocycles. The first-order chi connectivity index (χ1) is 12.4. The molecule has 0 bridgehead atoms. The Balaban J connectivity index is 7.61. The van der Waals surface area contributed by atoms with Crippen molar-refractivity contribution in [2.45, 2.75) is 64.4 Å². The van der Waals surface area contributed by atoms with Crippen molar-refractivity contribution in [1.29, 1.82) is 0 Å². The number of nitrogens with zero attached hydrogens (tertiary/aromatic N) is 2. The van der Waals surface area contributed by atoms with Crippen molar-refractivity contribution in [3.63, 3.8) is 0 Å². The van der Waals surface area contributed by atoms with Gasteiger partial charge in [0.1, 0.15) is 0 Å². The first-order valence-corrected chi connectivity index (χ1v) is 24.0. The summed E-state index contributed by atoms with van der Waals surface area (Å²) in [7, 11) is -4.94. The molecule has 0 atom stereocenters. The average molecular weight is 510 g/mol. The van der Waals surface area contributed by atoms with Crippen LogP contribution in [0.4, 0.5) is 0 Å². The molecule has 0 radical (unpaired) electrons. The smallest absolute Gasteiger partial charge is 0.182 e. The second-order valence-electron chi connectivity index (χ2n) is 12.2. The van der Waals surface area contributed by atoms with Crippen LogP contribution < -0.4 is 0 Å². The van der Waals surface area contributed by atoms with Gasteiger partial charge in [-0.05, 0) is 117 Å². The SMILES string of the molecule is CC(C)[P+](C(C)C)(C(C)C)C(N(S(C)(C)C)S(C)(C)C)N(S(C)(C)C)S(C)(C)C. The standard InChI is InChI=1S/C22H58N2PS4/c1-19(2)25(20(3)4,21(5)6)22(23(26(7,8)9)27(10,11)12)24(28(13,14)15)29(16,17)18/h19-22H,1-18H3/q+1. The third-order valence-electron chi connectivity index (χ3n) is 5.62. The van der Waals surface area contributed by atoms with E-state index in [0.29, 0.717) is 5.91 Å². The van der Waals surface area contributed by atoms with Gasteiger partial charge >= 0.3 is 0 Å². The van der Waals surface area contributed by atoms with Crippen molar-refractivity contribution in [2.24, 2.45) is 0 Å². The van der Waals surface area contributed by atoms with E-state index in [0.717, 1.165) is 17.0 Å². The van der Waals surface area contributed by atoms with Crippen LogP contribution in [0.2, 0.25) is 0 Å². The summed E-state index contributed by atoms with van der Waals surface area (Å²) in [5.74, 6) is 0.567. The number of hydrogen-bond donors (Lipinski definition) is 0. The zero-order valence-corrected chi connectivity index (χ0v) is 27.4. The van der Waals surface area contributed by atoms with Gasteiger partial charge in [-0.2, -0.15) is 48.3 Å². The van der Waals surface area contributed by atoms with Crippen molar-refractivity contribution in [3.05, 3.63) is 0 Å². The van der Waals surface area contributed by atoms with E-state index >= 15 is 0 Å². The van der Waals surface area contributed by atoms with Crippen LogP contribution in [0.3, 0.4) is 0 Å². The second kappa shape index (κ2) is 9.94. The van der Waals surface area contributed by atoms with E-state index < -0.39 is 48.1 Å². The van der Waals surface area contributed by atoms with Crippen molar-refractivity contribution in [3.8, 4) is 0 Å². The van der Waals surface area contributed by atoms with Crippen LogP contribution in [0.1, 0.15) is 41.5 Å². The molecule has 0 saturated carbocycles. The van der Waals surface area contributed by atoms with E-state index in [2.05, 4.69) is 124 Å². The fraction of sp³-hybridized carbons (Fsp3) is 1.00. The highest BCUT2D eigenvalue weighted by atomic mass is 32.3. The third-order valence-corrected chi connectivity index (χ3v) is 23.4. The molecule has 0 aromatic rings. The van der Waals surface area contributed by atoms with Crippen molar-refractivity contribution in [2.75, 3.05) is 75.1 Å². The molecule has 0 N–H and O–H groups in total. The lowest BCUT2D eigenvalue weighted by atomic mass is 10.5. The molecule has 0 aliphatic heterocycles. The molecule has 0 spiro atoms. The molecule has 7 heteroatoms. The molecule has 184 valence electrons. The fourth-order valence-electron chi connectivity index (χ4n) is 5.47. The minimum absolute atomic E-state index is 0.567. The summed E-state index contributed by atoms with van der Waals surface area (Å²) in [6.07, 6.45) is 30.5. The summed E-state index contributed by atoms with van der Waals surface area (Å²) in [6.45, 7) is 15.3. The molecule has 29 heavy (non-hydrogen) atoms. The topological polar surface area (TPSA) is 6.48 Å². The summed E-state index contributed by atoms with van der Waals surface area (Å²) in [6, 6.07) is 0. The van der Waals surface area contributed by atoms with Gasteiger partial charge in [-0.15, -0.1) is 0 Å². The third kappa shape index (κ3) is 6.87. The van der Waals surface area contributed by atoms with Crippen molar-refractivity contribution < 1.29 is 0 Å². The molecular weight excluding hydrogens is 451 g/mol. The molecule has 2 nitrogen and oxygen atoms in total. The molecule has 0 unspecified atom stereocenters. The van der Waals surface area contributed by atoms with Crippen molar-refractivity contribution >= 4 is 48.1 Å².